The van der Waals surface area contributed by atoms with E-state index in [4.69, 9.17) is 10.2 Å². The van der Waals surface area contributed by atoms with E-state index in [0.29, 0.717) is 0 Å². The molecule has 7 heteroatoms. The molecule has 0 spiro atoms. The zero-order valence-corrected chi connectivity index (χ0v) is 9.32. The van der Waals surface area contributed by atoms with E-state index in [0.717, 1.165) is 24.9 Å². The van der Waals surface area contributed by atoms with Crippen LogP contribution in [0.1, 0.15) is 20.7 Å². The zero-order valence-electron chi connectivity index (χ0n) is 9.32. The number of carboxylic acid groups (broad SMARTS) is 2. The van der Waals surface area contributed by atoms with Crippen LogP contribution in [0.4, 0.5) is 0 Å². The molecule has 0 saturated carbocycles. The topological polar surface area (TPSA) is 108 Å². The Hall–Kier alpha value is -2.44. The lowest BCUT2D eigenvalue weighted by Gasteiger charge is -1.94. The van der Waals surface area contributed by atoms with Gasteiger partial charge in [0.05, 0.1) is 11.1 Å². The third-order valence-corrected chi connectivity index (χ3v) is 1.44. The third-order valence-electron chi connectivity index (χ3n) is 1.44. The highest BCUT2D eigenvalue weighted by atomic mass is 16.4. The number of rotatable bonds is 3. The van der Waals surface area contributed by atoms with Gasteiger partial charge in [-0.2, -0.15) is 0 Å². The number of nitrogens with zero attached hydrogens (tertiary/aromatic N) is 2. The van der Waals surface area contributed by atoms with Gasteiger partial charge in [-0.05, 0) is 6.07 Å². The number of hydrogen-bond donors (Lipinski definition) is 2. The molecular weight excluding hydrogens is 228 g/mol. The molecule has 0 aromatic carbocycles. The minimum atomic E-state index is -1.19. The van der Waals surface area contributed by atoms with Crippen LogP contribution in [0.2, 0.25) is 0 Å². The van der Waals surface area contributed by atoms with Gasteiger partial charge in [-0.3, -0.25) is 9.78 Å². The van der Waals surface area contributed by atoms with Crippen molar-refractivity contribution >= 4 is 18.3 Å². The molecule has 0 atom stereocenters. The molecule has 2 N–H and O–H groups in total. The molecule has 1 rings (SSSR count). The predicted octanol–water partition coefficient (Wildman–Crippen LogP) is 0.182. The van der Waals surface area contributed by atoms with Crippen LogP contribution in [0.3, 0.4) is 0 Å². The van der Waals surface area contributed by atoms with Crippen molar-refractivity contribution < 1.29 is 24.6 Å². The maximum Gasteiger partial charge on any atom is 0.337 e. The lowest BCUT2D eigenvalue weighted by atomic mass is 10.2. The summed E-state index contributed by atoms with van der Waals surface area (Å²) in [5.74, 6) is -2.38. The molecule has 0 aliphatic carbocycles. The molecule has 1 heterocycles. The number of aromatic carboxylic acids is 2. The van der Waals surface area contributed by atoms with Gasteiger partial charge < -0.3 is 15.1 Å². The lowest BCUT2D eigenvalue weighted by molar-refractivity contribution is -0.115. The number of hydrogen-bond acceptors (Lipinski definition) is 4. The number of amides is 1. The minimum Gasteiger partial charge on any atom is -0.478 e. The van der Waals surface area contributed by atoms with Gasteiger partial charge in [0.15, 0.2) is 0 Å². The molecule has 17 heavy (non-hydrogen) atoms. The van der Waals surface area contributed by atoms with Crippen molar-refractivity contribution in [2.24, 2.45) is 0 Å². The van der Waals surface area contributed by atoms with Gasteiger partial charge in [0, 0.05) is 26.5 Å². The number of aromatic nitrogens is 1. The molecule has 1 aromatic rings. The molecule has 0 bridgehead atoms. The molecule has 1 aromatic heterocycles. The Labute approximate surface area is 97.3 Å². The van der Waals surface area contributed by atoms with Crippen molar-refractivity contribution in [3.05, 3.63) is 29.6 Å². The monoisotopic (exact) mass is 240 g/mol. The number of carbonyl (C=O) groups is 3. The van der Waals surface area contributed by atoms with E-state index in [1.54, 1.807) is 14.1 Å². The van der Waals surface area contributed by atoms with Gasteiger partial charge in [0.2, 0.25) is 6.41 Å². The van der Waals surface area contributed by atoms with Gasteiger partial charge in [-0.15, -0.1) is 0 Å². The van der Waals surface area contributed by atoms with Crippen LogP contribution in [0, 0.1) is 0 Å². The third kappa shape index (κ3) is 5.88. The minimum absolute atomic E-state index is 0.130. The smallest absolute Gasteiger partial charge is 0.337 e. The van der Waals surface area contributed by atoms with Crippen molar-refractivity contribution in [2.75, 3.05) is 14.1 Å². The first-order valence-corrected chi connectivity index (χ1v) is 4.41. The van der Waals surface area contributed by atoms with Gasteiger partial charge >= 0.3 is 11.9 Å². The van der Waals surface area contributed by atoms with Gasteiger partial charge in [-0.25, -0.2) is 9.59 Å². The molecule has 92 valence electrons. The number of carbonyl (C=O) groups excluding carboxylic acids is 1. The van der Waals surface area contributed by atoms with Crippen LogP contribution in [-0.2, 0) is 4.79 Å². The fourth-order valence-corrected chi connectivity index (χ4v) is 0.674. The second-order valence-corrected chi connectivity index (χ2v) is 3.14. The van der Waals surface area contributed by atoms with E-state index >= 15 is 0 Å². The van der Waals surface area contributed by atoms with Crippen LogP contribution in [0.5, 0.6) is 0 Å². The van der Waals surface area contributed by atoms with E-state index in [9.17, 15) is 14.4 Å². The second kappa shape index (κ2) is 6.94. The zero-order chi connectivity index (χ0) is 13.4. The molecule has 0 saturated heterocycles. The van der Waals surface area contributed by atoms with E-state index in [-0.39, 0.29) is 11.1 Å². The van der Waals surface area contributed by atoms with Crippen molar-refractivity contribution in [3.8, 4) is 0 Å². The maximum atomic E-state index is 10.3. The Morgan fingerprint density at radius 2 is 1.53 bits per heavy atom. The molecule has 0 unspecified atom stereocenters. The highest BCUT2D eigenvalue weighted by Gasteiger charge is 2.07. The molecule has 1 amide bonds. The summed E-state index contributed by atoms with van der Waals surface area (Å²) in [5, 5.41) is 16.9. The largest absolute Gasteiger partial charge is 0.478 e. The molecule has 0 aliphatic rings. The first-order chi connectivity index (χ1) is 7.88. The van der Waals surface area contributed by atoms with Gasteiger partial charge in [0.1, 0.15) is 0 Å². The molecular formula is C10H12N2O5. The Morgan fingerprint density at radius 1 is 1.18 bits per heavy atom. The fraction of sp³-hybridized carbons (Fsp3) is 0.200. The first kappa shape index (κ1) is 14.6. The summed E-state index contributed by atoms with van der Waals surface area (Å²) in [6.07, 6.45) is 2.93. The summed E-state index contributed by atoms with van der Waals surface area (Å²) >= 11 is 0. The second-order valence-electron chi connectivity index (χ2n) is 3.14. The number of carboxylic acids is 2. The van der Waals surface area contributed by atoms with Crippen LogP contribution >= 0.6 is 0 Å². The molecule has 0 fully saturated rings. The van der Waals surface area contributed by atoms with Crippen LogP contribution in [0.25, 0.3) is 0 Å². The maximum absolute atomic E-state index is 10.3. The van der Waals surface area contributed by atoms with Crippen molar-refractivity contribution in [1.82, 2.24) is 9.88 Å². The average molecular weight is 240 g/mol. The van der Waals surface area contributed by atoms with Gasteiger partial charge in [0.25, 0.3) is 0 Å². The van der Waals surface area contributed by atoms with Crippen LogP contribution < -0.4 is 0 Å². The Bertz CT molecular complexity index is 388. The Balaban J connectivity index is 0.000000437. The summed E-state index contributed by atoms with van der Waals surface area (Å²) < 4.78 is 0. The highest BCUT2D eigenvalue weighted by Crippen LogP contribution is 2.01. The summed E-state index contributed by atoms with van der Waals surface area (Å²) in [6.45, 7) is 0. The molecule has 0 radical (unpaired) electrons. The highest BCUT2D eigenvalue weighted by molar-refractivity contribution is 5.92. The Kier molecular flexibility index (Phi) is 5.94. The van der Waals surface area contributed by atoms with E-state index in [1.807, 2.05) is 0 Å². The van der Waals surface area contributed by atoms with E-state index < -0.39 is 11.9 Å². The molecule has 7 nitrogen and oxygen atoms in total. The Morgan fingerprint density at radius 3 is 1.76 bits per heavy atom. The predicted molar refractivity (Wildman–Crippen MR) is 57.9 cm³/mol. The van der Waals surface area contributed by atoms with Crippen molar-refractivity contribution in [1.29, 1.82) is 0 Å². The van der Waals surface area contributed by atoms with E-state index in [1.165, 1.54) is 4.90 Å². The van der Waals surface area contributed by atoms with Gasteiger partial charge in [-0.1, -0.05) is 0 Å². The fourth-order valence-electron chi connectivity index (χ4n) is 0.674. The average Bonchev–Trinajstić information content (AvgIpc) is 2.29. The summed E-state index contributed by atoms with van der Waals surface area (Å²) in [5.41, 5.74) is -0.259. The number of pyridine rings is 1. The van der Waals surface area contributed by atoms with Crippen LogP contribution in [0.15, 0.2) is 18.5 Å². The summed E-state index contributed by atoms with van der Waals surface area (Å²) in [7, 11) is 3.38. The standard InChI is InChI=1S/C7H5NO4.C3H7NO/c9-6(10)4-1-5(7(11)12)3-8-2-4;1-4(2)3-5/h1-3H,(H,9,10)(H,11,12);3H,1-2H3. The van der Waals surface area contributed by atoms with Crippen molar-refractivity contribution in [3.63, 3.8) is 0 Å². The lowest BCUT2D eigenvalue weighted by Crippen LogP contribution is -2.06. The first-order valence-electron chi connectivity index (χ1n) is 4.41. The normalized spacial score (nSPS) is 8.59. The van der Waals surface area contributed by atoms with Crippen molar-refractivity contribution in [2.45, 2.75) is 0 Å². The quantitative estimate of drug-likeness (QED) is 0.730. The summed E-state index contributed by atoms with van der Waals surface area (Å²) in [4.78, 5) is 35.0. The summed E-state index contributed by atoms with van der Waals surface area (Å²) in [6, 6.07) is 1.05. The van der Waals surface area contributed by atoms with E-state index in [2.05, 4.69) is 4.98 Å². The van der Waals surface area contributed by atoms with Crippen LogP contribution in [-0.4, -0.2) is 52.5 Å². The molecule has 0 aliphatic heterocycles. The SMILES string of the molecule is CN(C)C=O.O=C(O)c1cncc(C(=O)O)c1.